The molecule has 0 spiro atoms. The number of aromatic nitrogens is 2. The van der Waals surface area contributed by atoms with Crippen LogP contribution < -0.4 is 20.3 Å². The summed E-state index contributed by atoms with van der Waals surface area (Å²) >= 11 is 0. The second-order valence-electron chi connectivity index (χ2n) is 7.67. The van der Waals surface area contributed by atoms with Crippen LogP contribution in [0.1, 0.15) is 30.0 Å². The van der Waals surface area contributed by atoms with E-state index in [1.54, 1.807) is 13.3 Å². The molecule has 2 aliphatic heterocycles. The summed E-state index contributed by atoms with van der Waals surface area (Å²) in [6.45, 7) is 3.84. The highest BCUT2D eigenvalue weighted by atomic mass is 16.5. The Kier molecular flexibility index (Phi) is 4.75. The third kappa shape index (κ3) is 3.56. The SMILES string of the molecule is CCC1C=Cc2cc(Nc3nccc(N4Cc5ccc(OC)cc5C4)n3)ccc2N1. The van der Waals surface area contributed by atoms with Crippen LogP contribution in [-0.2, 0) is 13.1 Å². The van der Waals surface area contributed by atoms with E-state index in [2.05, 4.69) is 69.9 Å². The minimum Gasteiger partial charge on any atom is -0.497 e. The molecule has 2 aromatic carbocycles. The summed E-state index contributed by atoms with van der Waals surface area (Å²) in [5, 5.41) is 6.89. The van der Waals surface area contributed by atoms with Gasteiger partial charge in [-0.15, -0.1) is 0 Å². The van der Waals surface area contributed by atoms with Crippen molar-refractivity contribution in [2.24, 2.45) is 0 Å². The van der Waals surface area contributed by atoms with E-state index in [0.29, 0.717) is 12.0 Å². The summed E-state index contributed by atoms with van der Waals surface area (Å²) < 4.78 is 5.35. The minimum absolute atomic E-state index is 0.404. The van der Waals surface area contributed by atoms with Crippen molar-refractivity contribution in [2.75, 3.05) is 22.6 Å². The first-order chi connectivity index (χ1) is 14.7. The molecule has 0 bridgehead atoms. The largest absolute Gasteiger partial charge is 0.497 e. The van der Waals surface area contributed by atoms with E-state index in [9.17, 15) is 0 Å². The summed E-state index contributed by atoms with van der Waals surface area (Å²) in [7, 11) is 1.70. The fraction of sp³-hybridized carbons (Fsp3) is 0.250. The van der Waals surface area contributed by atoms with Crippen LogP contribution in [0.15, 0.2) is 54.7 Å². The van der Waals surface area contributed by atoms with Gasteiger partial charge in [0.05, 0.1) is 7.11 Å². The van der Waals surface area contributed by atoms with Gasteiger partial charge in [0.15, 0.2) is 0 Å². The van der Waals surface area contributed by atoms with Gasteiger partial charge >= 0.3 is 0 Å². The van der Waals surface area contributed by atoms with Crippen LogP contribution in [0.2, 0.25) is 0 Å². The summed E-state index contributed by atoms with van der Waals surface area (Å²) in [5.41, 5.74) is 5.89. The maximum Gasteiger partial charge on any atom is 0.229 e. The second kappa shape index (κ2) is 7.71. The van der Waals surface area contributed by atoms with Crippen LogP contribution in [0.25, 0.3) is 6.08 Å². The highest BCUT2D eigenvalue weighted by molar-refractivity contribution is 5.75. The second-order valence-corrected chi connectivity index (χ2v) is 7.67. The van der Waals surface area contributed by atoms with E-state index < -0.39 is 0 Å². The van der Waals surface area contributed by atoms with E-state index in [4.69, 9.17) is 9.72 Å². The Balaban J connectivity index is 1.33. The molecule has 0 radical (unpaired) electrons. The molecule has 6 heteroatoms. The smallest absolute Gasteiger partial charge is 0.229 e. The van der Waals surface area contributed by atoms with E-state index in [1.165, 1.54) is 16.7 Å². The molecule has 0 aliphatic carbocycles. The summed E-state index contributed by atoms with van der Waals surface area (Å²) in [4.78, 5) is 11.4. The molecule has 2 N–H and O–H groups in total. The fourth-order valence-corrected chi connectivity index (χ4v) is 3.99. The monoisotopic (exact) mass is 399 g/mol. The Morgan fingerprint density at radius 3 is 2.90 bits per heavy atom. The number of hydrogen-bond donors (Lipinski definition) is 2. The first-order valence-electron chi connectivity index (χ1n) is 10.3. The van der Waals surface area contributed by atoms with Gasteiger partial charge in [-0.2, -0.15) is 4.98 Å². The standard InChI is InChI=1S/C24H25N5O/c1-3-19-6-4-16-12-20(7-9-22(16)26-19)27-24-25-11-10-23(28-24)29-14-17-5-8-21(30-2)13-18(17)15-29/h4-13,19,26H,3,14-15H2,1-2H3,(H,25,27,28). The number of hydrogen-bond acceptors (Lipinski definition) is 6. The van der Waals surface area contributed by atoms with E-state index in [-0.39, 0.29) is 0 Å². The molecule has 0 saturated heterocycles. The third-order valence-electron chi connectivity index (χ3n) is 5.70. The van der Waals surface area contributed by atoms with E-state index >= 15 is 0 Å². The number of fused-ring (bicyclic) bond motifs is 2. The molecule has 1 atom stereocenters. The van der Waals surface area contributed by atoms with Crippen molar-refractivity contribution in [1.82, 2.24) is 9.97 Å². The Bertz CT molecular complexity index is 1110. The molecular weight excluding hydrogens is 374 g/mol. The Morgan fingerprint density at radius 2 is 2.03 bits per heavy atom. The molecule has 3 heterocycles. The van der Waals surface area contributed by atoms with Gasteiger partial charge in [-0.3, -0.25) is 0 Å². The van der Waals surface area contributed by atoms with Crippen molar-refractivity contribution in [2.45, 2.75) is 32.5 Å². The van der Waals surface area contributed by atoms with Gasteiger partial charge in [0.25, 0.3) is 0 Å². The van der Waals surface area contributed by atoms with Crippen molar-refractivity contribution in [3.8, 4) is 5.75 Å². The van der Waals surface area contributed by atoms with Crippen LogP contribution in [0.4, 0.5) is 23.1 Å². The number of nitrogens with one attached hydrogen (secondary N) is 2. The van der Waals surface area contributed by atoms with Crippen LogP contribution in [0.5, 0.6) is 5.75 Å². The first kappa shape index (κ1) is 18.5. The van der Waals surface area contributed by atoms with Crippen molar-refractivity contribution < 1.29 is 4.74 Å². The lowest BCUT2D eigenvalue weighted by atomic mass is 10.0. The summed E-state index contributed by atoms with van der Waals surface area (Å²) in [6.07, 6.45) is 7.27. The molecule has 6 nitrogen and oxygen atoms in total. The molecule has 0 fully saturated rings. The molecule has 30 heavy (non-hydrogen) atoms. The third-order valence-corrected chi connectivity index (χ3v) is 5.70. The Labute approximate surface area is 176 Å². The average Bonchev–Trinajstić information content (AvgIpc) is 3.22. The molecule has 0 amide bonds. The topological polar surface area (TPSA) is 62.3 Å². The van der Waals surface area contributed by atoms with Crippen LogP contribution in [-0.4, -0.2) is 23.1 Å². The molecule has 0 saturated carbocycles. The quantitative estimate of drug-likeness (QED) is 0.632. The zero-order valence-corrected chi connectivity index (χ0v) is 17.2. The van der Waals surface area contributed by atoms with Crippen LogP contribution in [0, 0.1) is 0 Å². The number of benzene rings is 2. The molecular formula is C24H25N5O. The van der Waals surface area contributed by atoms with Gasteiger partial charge in [0, 0.05) is 36.7 Å². The van der Waals surface area contributed by atoms with Crippen LogP contribution >= 0.6 is 0 Å². The van der Waals surface area contributed by atoms with Gasteiger partial charge in [-0.05, 0) is 59.5 Å². The lowest BCUT2D eigenvalue weighted by Gasteiger charge is -2.22. The zero-order chi connectivity index (χ0) is 20.5. The summed E-state index contributed by atoms with van der Waals surface area (Å²) in [6, 6.07) is 14.9. The van der Waals surface area contributed by atoms with Gasteiger partial charge in [-0.25, -0.2) is 4.98 Å². The Morgan fingerprint density at radius 1 is 1.13 bits per heavy atom. The van der Waals surface area contributed by atoms with Gasteiger partial charge in [-0.1, -0.05) is 25.1 Å². The Hall–Kier alpha value is -3.54. The molecule has 152 valence electrons. The van der Waals surface area contributed by atoms with E-state index in [0.717, 1.165) is 42.5 Å². The molecule has 1 aromatic heterocycles. The van der Waals surface area contributed by atoms with E-state index in [1.807, 2.05) is 12.1 Å². The fourth-order valence-electron chi connectivity index (χ4n) is 3.99. The number of ether oxygens (including phenoxy) is 1. The molecule has 1 unspecified atom stereocenters. The lowest BCUT2D eigenvalue weighted by Crippen LogP contribution is -2.18. The zero-order valence-electron chi connectivity index (χ0n) is 17.2. The highest BCUT2D eigenvalue weighted by Crippen LogP contribution is 2.31. The molecule has 5 rings (SSSR count). The minimum atomic E-state index is 0.404. The van der Waals surface area contributed by atoms with Crippen molar-refractivity contribution >= 4 is 29.2 Å². The number of anilines is 4. The predicted octanol–water partition coefficient (Wildman–Crippen LogP) is 4.97. The van der Waals surface area contributed by atoms with Crippen molar-refractivity contribution in [3.63, 3.8) is 0 Å². The predicted molar refractivity (Wildman–Crippen MR) is 121 cm³/mol. The van der Waals surface area contributed by atoms with Gasteiger partial charge < -0.3 is 20.3 Å². The maximum atomic E-state index is 5.35. The number of rotatable bonds is 5. The highest BCUT2D eigenvalue weighted by Gasteiger charge is 2.21. The van der Waals surface area contributed by atoms with Gasteiger partial charge in [0.1, 0.15) is 11.6 Å². The molecule has 3 aromatic rings. The normalized spacial score (nSPS) is 16.6. The van der Waals surface area contributed by atoms with Crippen molar-refractivity contribution in [3.05, 3.63) is 71.4 Å². The van der Waals surface area contributed by atoms with Crippen LogP contribution in [0.3, 0.4) is 0 Å². The maximum absolute atomic E-state index is 5.35. The van der Waals surface area contributed by atoms with Crippen molar-refractivity contribution in [1.29, 1.82) is 0 Å². The number of nitrogens with zero attached hydrogens (tertiary/aromatic N) is 3. The lowest BCUT2D eigenvalue weighted by molar-refractivity contribution is 0.414. The molecule has 2 aliphatic rings. The number of methoxy groups -OCH3 is 1. The average molecular weight is 399 g/mol. The van der Waals surface area contributed by atoms with Gasteiger partial charge in [0.2, 0.25) is 5.95 Å². The first-order valence-corrected chi connectivity index (χ1v) is 10.3. The summed E-state index contributed by atoms with van der Waals surface area (Å²) in [5.74, 6) is 2.40.